The van der Waals surface area contributed by atoms with Gasteiger partial charge < -0.3 is 8.83 Å². The Morgan fingerprint density at radius 2 is 1.20 bits per heavy atom. The molecule has 0 bridgehead atoms. The van der Waals surface area contributed by atoms with Crippen molar-refractivity contribution < 1.29 is 29.4 Å². The van der Waals surface area contributed by atoms with Gasteiger partial charge in [-0.3, -0.25) is 0 Å². The number of rotatable bonds is 2. The van der Waals surface area contributed by atoms with Crippen LogP contribution in [0, 0.1) is 0 Å². The first-order valence-corrected chi connectivity index (χ1v) is 12.4. The van der Waals surface area contributed by atoms with E-state index in [1.165, 1.54) is 0 Å². The summed E-state index contributed by atoms with van der Waals surface area (Å²) in [6.07, 6.45) is 0. The molecule has 0 saturated heterocycles. The Morgan fingerprint density at radius 3 is 2.10 bits per heavy atom. The number of benzene rings is 7. The van der Waals surface area contributed by atoms with E-state index in [0.29, 0.717) is 22.1 Å². The van der Waals surface area contributed by atoms with Crippen LogP contribution in [-0.4, -0.2) is 0 Å². The molecule has 0 unspecified atom stereocenters. The lowest BCUT2D eigenvalue weighted by Gasteiger charge is -2.15. The predicted molar refractivity (Wildman–Crippen MR) is 167 cm³/mol. The molecule has 0 saturated carbocycles. The Morgan fingerprint density at radius 1 is 0.475 bits per heavy atom. The van der Waals surface area contributed by atoms with Gasteiger partial charge in [0.05, 0.1) is 20.6 Å². The molecule has 2 nitrogen and oxygen atoms in total. The molecule has 0 aliphatic heterocycles. The largest absolute Gasteiger partial charge is 0.456 e. The summed E-state index contributed by atoms with van der Waals surface area (Å²) in [5.74, 6) is 0. The number of furan rings is 2. The maximum absolute atomic E-state index is 9.41. The third-order valence-corrected chi connectivity index (χ3v) is 7.16. The topological polar surface area (TPSA) is 26.3 Å². The van der Waals surface area contributed by atoms with E-state index in [1.807, 2.05) is 18.2 Å². The van der Waals surface area contributed by atoms with Crippen molar-refractivity contribution in [2.45, 2.75) is 0 Å². The average Bonchev–Trinajstić information content (AvgIpc) is 3.76. The average molecular weight is 526 g/mol. The van der Waals surface area contributed by atoms with Gasteiger partial charge in [0.25, 0.3) is 0 Å². The van der Waals surface area contributed by atoms with Crippen LogP contribution in [0.3, 0.4) is 0 Å². The van der Waals surface area contributed by atoms with Crippen molar-refractivity contribution in [3.8, 4) is 22.3 Å². The zero-order chi connectivity index (χ0) is 39.3. The molecule has 0 aliphatic carbocycles. The summed E-state index contributed by atoms with van der Waals surface area (Å²) in [6, 6.07) is 2.75. The molecule has 2 heteroatoms. The SMILES string of the molecule is [2H]c1c([2H])c([2H])c2c(oc3c(-c4c([2H])c([2H])c5c([2H])c([2H])c([2H])c([2H])c5c4[2H])c4c([2H])c([2H])c([2H])c([2H])c4c(-c4ccc5oc6ccccc6c5c4)c32)c1[2H]. The van der Waals surface area contributed by atoms with E-state index in [2.05, 4.69) is 0 Å². The van der Waals surface area contributed by atoms with Gasteiger partial charge in [-0.1, -0.05) is 103 Å². The van der Waals surface area contributed by atoms with Crippen LogP contribution in [0.2, 0.25) is 0 Å². The first-order chi connectivity index (χ1) is 26.1. The van der Waals surface area contributed by atoms with Crippen molar-refractivity contribution >= 4 is 65.4 Å². The Balaban J connectivity index is 1.62. The smallest absolute Gasteiger partial charge is 0.144 e. The first-order valence-electron chi connectivity index (χ1n) is 19.9. The van der Waals surface area contributed by atoms with Crippen LogP contribution in [0.25, 0.3) is 87.7 Å². The van der Waals surface area contributed by atoms with Crippen LogP contribution < -0.4 is 0 Å². The third-order valence-electron chi connectivity index (χ3n) is 7.16. The van der Waals surface area contributed by atoms with Crippen molar-refractivity contribution in [1.82, 2.24) is 0 Å². The lowest BCUT2D eigenvalue weighted by molar-refractivity contribution is 0.669. The van der Waals surface area contributed by atoms with Crippen molar-refractivity contribution in [3.05, 3.63) is 133 Å². The maximum Gasteiger partial charge on any atom is 0.144 e. The Hall–Kier alpha value is -5.34. The highest BCUT2D eigenvalue weighted by Gasteiger charge is 2.22. The van der Waals surface area contributed by atoms with Gasteiger partial charge in [-0.15, -0.1) is 0 Å². The van der Waals surface area contributed by atoms with Gasteiger partial charge in [0.15, 0.2) is 0 Å². The van der Waals surface area contributed by atoms with Crippen molar-refractivity contribution in [3.63, 3.8) is 0 Å². The molecule has 40 heavy (non-hydrogen) atoms. The van der Waals surface area contributed by atoms with Crippen LogP contribution in [0.4, 0.5) is 0 Å². The lowest BCUT2D eigenvalue weighted by Crippen LogP contribution is -1.89. The molecule has 2 aromatic heterocycles. The second-order valence-corrected chi connectivity index (χ2v) is 9.32. The first kappa shape index (κ1) is 11.8. The lowest BCUT2D eigenvalue weighted by atomic mass is 9.87. The monoisotopic (exact) mass is 525 g/mol. The van der Waals surface area contributed by atoms with Crippen molar-refractivity contribution in [2.75, 3.05) is 0 Å². The highest BCUT2D eigenvalue weighted by atomic mass is 16.3. The van der Waals surface area contributed by atoms with Crippen molar-refractivity contribution in [2.24, 2.45) is 0 Å². The van der Waals surface area contributed by atoms with E-state index in [1.54, 1.807) is 24.3 Å². The van der Waals surface area contributed by atoms with Crippen LogP contribution in [0.5, 0.6) is 0 Å². The minimum atomic E-state index is -0.711. The van der Waals surface area contributed by atoms with Crippen LogP contribution in [0.1, 0.15) is 20.6 Å². The van der Waals surface area contributed by atoms with Crippen LogP contribution in [0.15, 0.2) is 142 Å². The minimum absolute atomic E-state index is 0.0259. The number of fused-ring (bicyclic) bond motifs is 8. The normalized spacial score (nSPS) is 17.2. The standard InChI is InChI=1S/C38H22O2/c1-2-10-24-21-25(18-17-23(24)9-1)36-29-13-4-3-12-28(29)35(37-30-14-6-8-16-33(30)40-38(36)37)26-19-20-34-31(22-26)27-11-5-7-15-32(27)39-34/h1-22H/i1D,2D,3D,4D,6D,8D,9D,10D,12D,13D,14D,16D,17D,18D,21D. The van der Waals surface area contributed by atoms with Gasteiger partial charge in [-0.05, 0) is 63.0 Å². The molecule has 0 aliphatic rings. The van der Waals surface area contributed by atoms with Gasteiger partial charge in [0.1, 0.15) is 22.3 Å². The summed E-state index contributed by atoms with van der Waals surface area (Å²) in [4.78, 5) is 0. The summed E-state index contributed by atoms with van der Waals surface area (Å²) >= 11 is 0. The molecule has 0 radical (unpaired) electrons. The molecule has 0 atom stereocenters. The molecule has 0 amide bonds. The fourth-order valence-corrected chi connectivity index (χ4v) is 5.48. The fraction of sp³-hybridized carbons (Fsp3) is 0. The zero-order valence-electron chi connectivity index (χ0n) is 35.4. The van der Waals surface area contributed by atoms with Gasteiger partial charge in [0, 0.05) is 32.7 Å². The molecular formula is C38H22O2. The molecule has 2 heterocycles. The molecule has 0 N–H and O–H groups in total. The fourth-order valence-electron chi connectivity index (χ4n) is 5.48. The molecule has 0 fully saturated rings. The minimum Gasteiger partial charge on any atom is -0.456 e. The maximum atomic E-state index is 9.41. The highest BCUT2D eigenvalue weighted by Crippen LogP contribution is 2.48. The summed E-state index contributed by atoms with van der Waals surface area (Å²) in [6.45, 7) is 0. The van der Waals surface area contributed by atoms with Gasteiger partial charge >= 0.3 is 0 Å². The third kappa shape index (κ3) is 2.99. The quantitative estimate of drug-likeness (QED) is 0.224. The molecule has 186 valence electrons. The number of para-hydroxylation sites is 2. The van der Waals surface area contributed by atoms with E-state index in [9.17, 15) is 5.48 Å². The molecule has 9 rings (SSSR count). The summed E-state index contributed by atoms with van der Waals surface area (Å²) < 4.78 is 145. The zero-order valence-corrected chi connectivity index (χ0v) is 20.4. The molecule has 9 aromatic rings. The van der Waals surface area contributed by atoms with Gasteiger partial charge in [0.2, 0.25) is 0 Å². The van der Waals surface area contributed by atoms with Gasteiger partial charge in [-0.25, -0.2) is 0 Å². The summed E-state index contributed by atoms with van der Waals surface area (Å²) in [7, 11) is 0. The highest BCUT2D eigenvalue weighted by molar-refractivity contribution is 6.27. The van der Waals surface area contributed by atoms with Crippen LogP contribution in [-0.2, 0) is 0 Å². The second kappa shape index (κ2) is 8.08. The van der Waals surface area contributed by atoms with Crippen LogP contribution >= 0.6 is 0 Å². The van der Waals surface area contributed by atoms with E-state index < -0.39 is 107 Å². The van der Waals surface area contributed by atoms with E-state index in [0.717, 1.165) is 5.39 Å². The van der Waals surface area contributed by atoms with E-state index in [-0.39, 0.29) is 43.8 Å². The van der Waals surface area contributed by atoms with Crippen molar-refractivity contribution in [1.29, 1.82) is 0 Å². The Labute approximate surface area is 250 Å². The Kier molecular flexibility index (Phi) is 2.39. The predicted octanol–water partition coefficient (Wildman–Crippen LogP) is 11.1. The number of hydrogen-bond donors (Lipinski definition) is 0. The number of hydrogen-bond acceptors (Lipinski definition) is 2. The second-order valence-electron chi connectivity index (χ2n) is 9.32. The van der Waals surface area contributed by atoms with E-state index in [4.69, 9.17) is 23.9 Å². The van der Waals surface area contributed by atoms with Gasteiger partial charge in [-0.2, -0.15) is 0 Å². The summed E-state index contributed by atoms with van der Waals surface area (Å²) in [5, 5.41) is -0.00735. The summed E-state index contributed by atoms with van der Waals surface area (Å²) in [5.41, 5.74) is 0.140. The molecule has 7 aromatic carbocycles. The van der Waals surface area contributed by atoms with E-state index >= 15 is 0 Å². The molecule has 0 spiro atoms. The molecular weight excluding hydrogens is 488 g/mol. The Bertz CT molecular complexity index is 3270.